The van der Waals surface area contributed by atoms with Gasteiger partial charge in [-0.1, -0.05) is 11.6 Å². The number of hydrogen-bond acceptors (Lipinski definition) is 3. The van der Waals surface area contributed by atoms with E-state index in [-0.39, 0.29) is 28.2 Å². The Morgan fingerprint density at radius 2 is 1.97 bits per heavy atom. The summed E-state index contributed by atoms with van der Waals surface area (Å²) in [4.78, 5) is 18.3. The lowest BCUT2D eigenvalue weighted by Crippen LogP contribution is -2.50. The van der Waals surface area contributed by atoms with E-state index in [4.69, 9.17) is 11.6 Å². The van der Waals surface area contributed by atoms with Gasteiger partial charge in [0.25, 0.3) is 0 Å². The average Bonchev–Trinajstić information content (AvgIpc) is 3.16. The third-order valence-electron chi connectivity index (χ3n) is 6.92. The van der Waals surface area contributed by atoms with Gasteiger partial charge in [-0.2, -0.15) is 18.3 Å². The van der Waals surface area contributed by atoms with Gasteiger partial charge in [-0.05, 0) is 50.9 Å². The van der Waals surface area contributed by atoms with Crippen LogP contribution in [0.2, 0.25) is 5.15 Å². The van der Waals surface area contributed by atoms with Gasteiger partial charge < -0.3 is 5.32 Å². The highest BCUT2D eigenvalue weighted by molar-refractivity contribution is 6.29. The number of amides is 2. The Morgan fingerprint density at radius 3 is 2.59 bits per heavy atom. The second-order valence-corrected chi connectivity index (χ2v) is 9.26. The standard InChI is InChI=1S/C19H21ClF3N5O/c1-17(19(21,22)23)10-27(12-9-24-14-8-13(20)26-28(14)15(12)17)16(29)25-11-2-4-18(5-3-11)6-7-18/h8-9,11H,2-7,10H2,1H3,(H,25,29)/t17-/m1/s1. The number of carbonyl (C=O) groups excluding carboxylic acids is 1. The van der Waals surface area contributed by atoms with Crippen LogP contribution < -0.4 is 10.2 Å². The fourth-order valence-corrected chi connectivity index (χ4v) is 4.97. The van der Waals surface area contributed by atoms with Crippen molar-refractivity contribution in [2.75, 3.05) is 11.4 Å². The van der Waals surface area contributed by atoms with Crippen molar-refractivity contribution in [2.24, 2.45) is 5.41 Å². The maximum atomic E-state index is 14.1. The van der Waals surface area contributed by atoms with E-state index < -0.39 is 24.2 Å². The molecule has 0 saturated heterocycles. The third kappa shape index (κ3) is 2.88. The van der Waals surface area contributed by atoms with Gasteiger partial charge in [0.2, 0.25) is 0 Å². The molecule has 1 aliphatic heterocycles. The molecule has 2 saturated carbocycles. The first-order valence-electron chi connectivity index (χ1n) is 9.82. The topological polar surface area (TPSA) is 62.5 Å². The molecular weight excluding hydrogens is 407 g/mol. The maximum absolute atomic E-state index is 14.1. The molecule has 1 spiro atoms. The Morgan fingerprint density at radius 1 is 1.28 bits per heavy atom. The van der Waals surface area contributed by atoms with Gasteiger partial charge in [0.1, 0.15) is 5.41 Å². The Balaban J connectivity index is 1.47. The van der Waals surface area contributed by atoms with Crippen molar-refractivity contribution < 1.29 is 18.0 Å². The number of halogens is 4. The van der Waals surface area contributed by atoms with E-state index in [1.807, 2.05) is 0 Å². The van der Waals surface area contributed by atoms with Crippen LogP contribution in [0.25, 0.3) is 5.65 Å². The van der Waals surface area contributed by atoms with Gasteiger partial charge in [-0.15, -0.1) is 0 Å². The molecule has 3 heterocycles. The van der Waals surface area contributed by atoms with Crippen molar-refractivity contribution in [3.8, 4) is 0 Å². The summed E-state index contributed by atoms with van der Waals surface area (Å²) in [5.74, 6) is 0. The van der Waals surface area contributed by atoms with Gasteiger partial charge in [-0.25, -0.2) is 14.3 Å². The molecule has 5 rings (SSSR count). The van der Waals surface area contributed by atoms with Crippen molar-refractivity contribution in [1.29, 1.82) is 0 Å². The average molecular weight is 428 g/mol. The highest BCUT2D eigenvalue weighted by atomic mass is 35.5. The number of nitrogens with zero attached hydrogens (tertiary/aromatic N) is 4. The second kappa shape index (κ2) is 6.00. The number of urea groups is 1. The second-order valence-electron chi connectivity index (χ2n) is 8.87. The van der Waals surface area contributed by atoms with Crippen molar-refractivity contribution in [1.82, 2.24) is 19.9 Å². The highest BCUT2D eigenvalue weighted by Crippen LogP contribution is 2.56. The molecular formula is C19H21ClF3N5O. The molecule has 156 valence electrons. The van der Waals surface area contributed by atoms with E-state index in [1.165, 1.54) is 25.1 Å². The number of alkyl halides is 3. The minimum Gasteiger partial charge on any atom is -0.335 e. The van der Waals surface area contributed by atoms with Crippen molar-refractivity contribution >= 4 is 29.0 Å². The molecule has 2 fully saturated rings. The zero-order valence-electron chi connectivity index (χ0n) is 15.9. The van der Waals surface area contributed by atoms with Gasteiger partial charge >= 0.3 is 12.2 Å². The Bertz CT molecular complexity index is 992. The number of hydrogen-bond donors (Lipinski definition) is 1. The van der Waals surface area contributed by atoms with Crippen LogP contribution in [-0.2, 0) is 5.41 Å². The predicted octanol–water partition coefficient (Wildman–Crippen LogP) is 4.46. The van der Waals surface area contributed by atoms with Crippen LogP contribution in [0.5, 0.6) is 0 Å². The number of anilines is 1. The van der Waals surface area contributed by atoms with Crippen LogP contribution >= 0.6 is 11.6 Å². The smallest absolute Gasteiger partial charge is 0.335 e. The molecule has 10 heteroatoms. The SMILES string of the molecule is C[C@@]1(C(F)(F)F)CN(C(=O)NC2CCC3(CC2)CC3)c2cnc3cc(Cl)nn3c21. The predicted molar refractivity (Wildman–Crippen MR) is 101 cm³/mol. The van der Waals surface area contributed by atoms with Crippen LogP contribution in [0.4, 0.5) is 23.7 Å². The summed E-state index contributed by atoms with van der Waals surface area (Å²) in [7, 11) is 0. The summed E-state index contributed by atoms with van der Waals surface area (Å²) >= 11 is 5.90. The van der Waals surface area contributed by atoms with Crippen LogP contribution in [0, 0.1) is 5.41 Å². The minimum atomic E-state index is -4.58. The summed E-state index contributed by atoms with van der Waals surface area (Å²) in [5.41, 5.74) is -1.58. The monoisotopic (exact) mass is 427 g/mol. The van der Waals surface area contributed by atoms with E-state index in [9.17, 15) is 18.0 Å². The Kier molecular flexibility index (Phi) is 3.92. The first-order valence-corrected chi connectivity index (χ1v) is 10.2. The summed E-state index contributed by atoms with van der Waals surface area (Å²) in [6.45, 7) is 0.568. The van der Waals surface area contributed by atoms with E-state index in [0.717, 1.165) is 42.0 Å². The molecule has 6 nitrogen and oxygen atoms in total. The quantitative estimate of drug-likeness (QED) is 0.731. The van der Waals surface area contributed by atoms with Crippen molar-refractivity contribution in [2.45, 2.75) is 63.1 Å². The molecule has 2 aromatic heterocycles. The fourth-order valence-electron chi connectivity index (χ4n) is 4.80. The lowest BCUT2D eigenvalue weighted by atomic mass is 9.83. The number of aromatic nitrogens is 3. The highest BCUT2D eigenvalue weighted by Gasteiger charge is 2.60. The van der Waals surface area contributed by atoms with Gasteiger partial charge in [0.05, 0.1) is 17.6 Å². The summed E-state index contributed by atoms with van der Waals surface area (Å²) in [6.07, 6.45) is 3.12. The zero-order valence-corrected chi connectivity index (χ0v) is 16.6. The van der Waals surface area contributed by atoms with E-state index in [2.05, 4.69) is 15.4 Å². The molecule has 1 N–H and O–H groups in total. The maximum Gasteiger partial charge on any atom is 0.401 e. The lowest BCUT2D eigenvalue weighted by molar-refractivity contribution is -0.181. The van der Waals surface area contributed by atoms with Gasteiger partial charge in [0.15, 0.2) is 10.8 Å². The van der Waals surface area contributed by atoms with E-state index in [1.54, 1.807) is 0 Å². The molecule has 0 radical (unpaired) electrons. The molecule has 0 bridgehead atoms. The van der Waals surface area contributed by atoms with Gasteiger partial charge in [0, 0.05) is 18.7 Å². The minimum absolute atomic E-state index is 0.00856. The molecule has 2 amide bonds. The van der Waals surface area contributed by atoms with Crippen molar-refractivity contribution in [3.63, 3.8) is 0 Å². The molecule has 29 heavy (non-hydrogen) atoms. The third-order valence-corrected chi connectivity index (χ3v) is 7.11. The summed E-state index contributed by atoms with van der Waals surface area (Å²) in [6, 6.07) is 0.873. The Hall–Kier alpha value is -2.03. The van der Waals surface area contributed by atoms with E-state index in [0.29, 0.717) is 5.41 Å². The molecule has 2 aliphatic carbocycles. The van der Waals surface area contributed by atoms with Crippen LogP contribution in [-0.4, -0.2) is 39.4 Å². The summed E-state index contributed by atoms with van der Waals surface area (Å²) < 4.78 is 43.4. The summed E-state index contributed by atoms with van der Waals surface area (Å²) in [5, 5.41) is 6.98. The first-order chi connectivity index (χ1) is 13.6. The molecule has 2 aromatic rings. The Labute approximate surface area is 170 Å². The number of fused-ring (bicyclic) bond motifs is 3. The fraction of sp³-hybridized carbons (Fsp3) is 0.632. The lowest BCUT2D eigenvalue weighted by Gasteiger charge is -2.31. The zero-order chi connectivity index (χ0) is 20.6. The number of nitrogens with one attached hydrogen (secondary N) is 1. The van der Waals surface area contributed by atoms with Crippen LogP contribution in [0.1, 0.15) is 51.1 Å². The first kappa shape index (κ1) is 19.0. The van der Waals surface area contributed by atoms with Crippen LogP contribution in [0.15, 0.2) is 12.3 Å². The number of carbonyl (C=O) groups is 1. The molecule has 0 aromatic carbocycles. The van der Waals surface area contributed by atoms with Gasteiger partial charge in [-0.3, -0.25) is 4.90 Å². The molecule has 0 unspecified atom stereocenters. The molecule has 1 atom stereocenters. The van der Waals surface area contributed by atoms with Crippen LogP contribution in [0.3, 0.4) is 0 Å². The largest absolute Gasteiger partial charge is 0.401 e. The molecule has 3 aliphatic rings. The number of rotatable bonds is 1. The normalized spacial score (nSPS) is 26.2. The van der Waals surface area contributed by atoms with Crippen molar-refractivity contribution in [3.05, 3.63) is 23.1 Å². The van der Waals surface area contributed by atoms with E-state index >= 15 is 0 Å².